The fourth-order valence-corrected chi connectivity index (χ4v) is 7.12. The number of ether oxygens (including phenoxy) is 1. The van der Waals surface area contributed by atoms with E-state index in [0.717, 1.165) is 6.07 Å². The molecule has 9 nitrogen and oxygen atoms in total. The fourth-order valence-electron chi connectivity index (χ4n) is 5.63. The number of aliphatic carboxylic acids is 1. The van der Waals surface area contributed by atoms with Crippen LogP contribution in [0, 0.1) is 17.5 Å². The largest absolute Gasteiger partial charge is 0.481 e. The second kappa shape index (κ2) is 12.1. The van der Waals surface area contributed by atoms with Gasteiger partial charge >= 0.3 is 5.97 Å². The average molecular weight is 639 g/mol. The van der Waals surface area contributed by atoms with Crippen LogP contribution >= 0.6 is 0 Å². The molecule has 0 bridgehead atoms. The molecule has 3 aromatic carbocycles. The van der Waals surface area contributed by atoms with Crippen LogP contribution in [0.5, 0.6) is 11.5 Å². The van der Waals surface area contributed by atoms with Gasteiger partial charge in [0.25, 0.3) is 0 Å². The molecule has 234 valence electrons. The first-order chi connectivity index (χ1) is 21.5. The molecule has 0 amide bonds. The van der Waals surface area contributed by atoms with Crippen molar-refractivity contribution in [3.05, 3.63) is 101 Å². The summed E-state index contributed by atoms with van der Waals surface area (Å²) in [5, 5.41) is 9.57. The molecular weight excluding hydrogens is 609 g/mol. The highest BCUT2D eigenvalue weighted by molar-refractivity contribution is 7.89. The third-order valence-corrected chi connectivity index (χ3v) is 9.97. The van der Waals surface area contributed by atoms with E-state index in [2.05, 4.69) is 15.0 Å². The Morgan fingerprint density at radius 2 is 1.96 bits per heavy atom. The highest BCUT2D eigenvalue weighted by Crippen LogP contribution is 2.38. The minimum Gasteiger partial charge on any atom is -0.481 e. The van der Waals surface area contributed by atoms with Crippen LogP contribution in [0.25, 0.3) is 22.3 Å². The van der Waals surface area contributed by atoms with E-state index in [-0.39, 0.29) is 53.6 Å². The number of rotatable bonds is 10. The summed E-state index contributed by atoms with van der Waals surface area (Å²) in [5.41, 5.74) is 1.94. The van der Waals surface area contributed by atoms with Gasteiger partial charge in [-0.2, -0.15) is 4.31 Å². The summed E-state index contributed by atoms with van der Waals surface area (Å²) in [7, 11) is -3.49. The van der Waals surface area contributed by atoms with Gasteiger partial charge in [0.15, 0.2) is 11.6 Å². The van der Waals surface area contributed by atoms with Crippen molar-refractivity contribution in [3.8, 4) is 22.9 Å². The molecule has 1 fully saturated rings. The normalized spacial score (nSPS) is 15.5. The van der Waals surface area contributed by atoms with E-state index in [4.69, 9.17) is 9.84 Å². The number of halogens is 3. The molecule has 1 unspecified atom stereocenters. The van der Waals surface area contributed by atoms with Crippen molar-refractivity contribution in [2.75, 3.05) is 12.3 Å². The fraction of sp³-hybridized carbons (Fsp3) is 0.250. The van der Waals surface area contributed by atoms with Crippen molar-refractivity contribution in [2.45, 2.75) is 38.6 Å². The van der Waals surface area contributed by atoms with Gasteiger partial charge < -0.3 is 19.8 Å². The van der Waals surface area contributed by atoms with Crippen molar-refractivity contribution in [1.82, 2.24) is 19.3 Å². The highest BCUT2D eigenvalue weighted by atomic mass is 32.2. The monoisotopic (exact) mass is 638 g/mol. The third kappa shape index (κ3) is 6.05. The van der Waals surface area contributed by atoms with Gasteiger partial charge in [0.2, 0.25) is 10.0 Å². The maximum absolute atomic E-state index is 15.4. The zero-order chi connectivity index (χ0) is 31.9. The number of aryl methyl sites for hydroxylation is 1. The Morgan fingerprint density at radius 1 is 1.13 bits per heavy atom. The minimum absolute atomic E-state index is 0.0165. The summed E-state index contributed by atoms with van der Waals surface area (Å²) in [6.45, 7) is 1.96. The van der Waals surface area contributed by atoms with Crippen LogP contribution in [0.15, 0.2) is 60.9 Å². The summed E-state index contributed by atoms with van der Waals surface area (Å²) in [4.78, 5) is 21.2. The number of nitrogens with zero attached hydrogens (tertiary/aromatic N) is 2. The molecular formula is C32H29F3N4O5S. The van der Waals surface area contributed by atoms with Crippen molar-refractivity contribution < 1.29 is 36.2 Å². The molecule has 3 N–H and O–H groups in total. The molecule has 3 heterocycles. The van der Waals surface area contributed by atoms with Gasteiger partial charge in [-0.15, -0.1) is 0 Å². The summed E-state index contributed by atoms with van der Waals surface area (Å²) < 4.78 is 78.2. The number of sulfonamides is 1. The van der Waals surface area contributed by atoms with E-state index >= 15 is 13.2 Å². The lowest BCUT2D eigenvalue weighted by molar-refractivity contribution is -0.136. The number of H-pyrrole nitrogens is 2. The Bertz CT molecular complexity index is 2020. The molecule has 1 aliphatic rings. The number of imidazole rings is 1. The van der Waals surface area contributed by atoms with E-state index in [1.165, 1.54) is 28.7 Å². The number of carboxylic acid groups (broad SMARTS) is 1. The molecule has 2 aromatic heterocycles. The number of hydrogen-bond donors (Lipinski definition) is 3. The minimum atomic E-state index is -3.49. The number of carboxylic acids is 1. The lowest BCUT2D eigenvalue weighted by Gasteiger charge is -2.19. The number of benzene rings is 3. The second-order valence-electron chi connectivity index (χ2n) is 11.0. The van der Waals surface area contributed by atoms with Crippen molar-refractivity contribution in [1.29, 1.82) is 0 Å². The van der Waals surface area contributed by atoms with Crippen LogP contribution in [0.1, 0.15) is 48.1 Å². The van der Waals surface area contributed by atoms with E-state index in [1.807, 2.05) is 0 Å². The van der Waals surface area contributed by atoms with Crippen LogP contribution < -0.4 is 4.74 Å². The van der Waals surface area contributed by atoms with Crippen molar-refractivity contribution in [2.24, 2.45) is 0 Å². The van der Waals surface area contributed by atoms with Crippen molar-refractivity contribution in [3.63, 3.8) is 0 Å². The standard InChI is InChI=1S/C32H29F3N4O5S/c1-18(21-5-2-4-19(30(21)35)6-9-29(40)41)28-16-37-32(38-28)23-14-20(7-8-25(23)33)44-31-24(17-39-12-3-13-45(39,42)43)22-10-11-36-27(22)15-26(31)34/h2,4-5,7-8,10-11,14-16,18,36H,3,6,9,12-13,17H2,1H3,(H,37,38)(H,40,41). The first kappa shape index (κ1) is 30.4. The Balaban J connectivity index is 1.30. The second-order valence-corrected chi connectivity index (χ2v) is 13.1. The van der Waals surface area contributed by atoms with Gasteiger partial charge in [-0.25, -0.2) is 26.6 Å². The number of carbonyl (C=O) groups is 1. The molecule has 0 saturated carbocycles. The predicted molar refractivity (Wildman–Crippen MR) is 161 cm³/mol. The highest BCUT2D eigenvalue weighted by Gasteiger charge is 2.31. The Kier molecular flexibility index (Phi) is 8.14. The van der Waals surface area contributed by atoms with Crippen LogP contribution in [0.3, 0.4) is 0 Å². The molecule has 5 aromatic rings. The number of hydrogen-bond acceptors (Lipinski definition) is 5. The van der Waals surface area contributed by atoms with E-state index in [9.17, 15) is 13.2 Å². The van der Waals surface area contributed by atoms with E-state index in [0.29, 0.717) is 40.7 Å². The maximum Gasteiger partial charge on any atom is 0.303 e. The number of fused-ring (bicyclic) bond motifs is 1. The van der Waals surface area contributed by atoms with Crippen LogP contribution in [-0.2, 0) is 27.8 Å². The molecule has 0 aliphatic carbocycles. The van der Waals surface area contributed by atoms with Gasteiger partial charge in [0.05, 0.1) is 11.3 Å². The predicted octanol–water partition coefficient (Wildman–Crippen LogP) is 6.47. The van der Waals surface area contributed by atoms with Crippen LogP contribution in [0.4, 0.5) is 13.2 Å². The van der Waals surface area contributed by atoms with Crippen molar-refractivity contribution >= 4 is 26.9 Å². The Hall–Kier alpha value is -4.62. The van der Waals surface area contributed by atoms with Gasteiger partial charge in [-0.1, -0.05) is 25.1 Å². The average Bonchev–Trinajstić information content (AvgIpc) is 3.75. The first-order valence-electron chi connectivity index (χ1n) is 14.3. The molecule has 1 saturated heterocycles. The van der Waals surface area contributed by atoms with E-state index in [1.54, 1.807) is 37.4 Å². The number of aromatic amines is 2. The summed E-state index contributed by atoms with van der Waals surface area (Å²) in [6, 6.07) is 11.6. The SMILES string of the molecule is CC(c1cnc(-c2cc(Oc3c(F)cc4[nH]ccc4c3CN3CCCS3(=O)=O)ccc2F)[nH]1)c1cccc(CCC(=O)O)c1F. The topological polar surface area (TPSA) is 128 Å². The number of nitrogens with one attached hydrogen (secondary N) is 2. The molecule has 1 atom stereocenters. The zero-order valence-electron chi connectivity index (χ0n) is 24.1. The lowest BCUT2D eigenvalue weighted by atomic mass is 9.94. The maximum atomic E-state index is 15.4. The molecule has 6 rings (SSSR count). The van der Waals surface area contributed by atoms with Crippen LogP contribution in [-0.4, -0.2) is 51.0 Å². The summed E-state index contributed by atoms with van der Waals surface area (Å²) in [6.07, 6.45) is 3.39. The molecule has 0 spiro atoms. The van der Waals surface area contributed by atoms with E-state index < -0.39 is 39.4 Å². The van der Waals surface area contributed by atoms with Gasteiger partial charge in [-0.05, 0) is 48.2 Å². The first-order valence-corrected chi connectivity index (χ1v) is 15.9. The summed E-state index contributed by atoms with van der Waals surface area (Å²) >= 11 is 0. The van der Waals surface area contributed by atoms with Gasteiger partial charge in [-0.3, -0.25) is 4.79 Å². The lowest BCUT2D eigenvalue weighted by Crippen LogP contribution is -2.25. The number of aromatic nitrogens is 3. The van der Waals surface area contributed by atoms with Crippen LogP contribution in [0.2, 0.25) is 0 Å². The molecule has 13 heteroatoms. The molecule has 0 radical (unpaired) electrons. The molecule has 1 aliphatic heterocycles. The zero-order valence-corrected chi connectivity index (χ0v) is 24.9. The quantitative estimate of drug-likeness (QED) is 0.161. The Labute approximate surface area is 256 Å². The van der Waals surface area contributed by atoms with Gasteiger partial charge in [0, 0.05) is 66.0 Å². The Morgan fingerprint density at radius 3 is 2.71 bits per heavy atom. The van der Waals surface area contributed by atoms with Gasteiger partial charge in [0.1, 0.15) is 23.2 Å². The molecule has 45 heavy (non-hydrogen) atoms. The smallest absolute Gasteiger partial charge is 0.303 e. The summed E-state index contributed by atoms with van der Waals surface area (Å²) in [5.74, 6) is -3.35. The third-order valence-electron chi connectivity index (χ3n) is 8.06.